The molecule has 7 heteroatoms. The maximum Gasteiger partial charge on any atom is 0.240 e. The predicted molar refractivity (Wildman–Crippen MR) is 119 cm³/mol. The molecule has 0 unspecified atom stereocenters. The van der Waals surface area contributed by atoms with E-state index in [9.17, 15) is 13.2 Å². The number of sulfonamides is 1. The fraction of sp³-hybridized carbons (Fsp3) is 0.435. The van der Waals surface area contributed by atoms with Crippen LogP contribution < -0.4 is 14.4 Å². The first kappa shape index (κ1) is 22.3. The highest BCUT2D eigenvalue weighted by Gasteiger charge is 2.25. The van der Waals surface area contributed by atoms with Crippen molar-refractivity contribution in [2.45, 2.75) is 50.8 Å². The number of rotatable bonds is 7. The van der Waals surface area contributed by atoms with Crippen LogP contribution in [0, 0.1) is 0 Å². The Morgan fingerprint density at radius 2 is 1.90 bits per heavy atom. The van der Waals surface area contributed by atoms with Crippen molar-refractivity contribution in [3.63, 3.8) is 0 Å². The van der Waals surface area contributed by atoms with Crippen LogP contribution in [-0.4, -0.2) is 34.0 Å². The van der Waals surface area contributed by atoms with Gasteiger partial charge in [0.15, 0.2) is 0 Å². The smallest absolute Gasteiger partial charge is 0.240 e. The fourth-order valence-electron chi connectivity index (χ4n) is 3.63. The molecule has 0 bridgehead atoms. The first-order chi connectivity index (χ1) is 14.1. The number of nitrogens with one attached hydrogen (secondary N) is 1. The molecule has 0 aliphatic carbocycles. The molecule has 0 spiro atoms. The van der Waals surface area contributed by atoms with Gasteiger partial charge in [0.25, 0.3) is 0 Å². The molecule has 1 aliphatic heterocycles. The van der Waals surface area contributed by atoms with E-state index in [1.807, 2.05) is 31.2 Å². The summed E-state index contributed by atoms with van der Waals surface area (Å²) in [5, 5.41) is 0. The zero-order chi connectivity index (χ0) is 21.9. The molecule has 0 fully saturated rings. The summed E-state index contributed by atoms with van der Waals surface area (Å²) < 4.78 is 33.8. The quantitative estimate of drug-likeness (QED) is 0.681. The number of carbonyl (C=O) groups is 1. The summed E-state index contributed by atoms with van der Waals surface area (Å²) in [5.41, 5.74) is 2.71. The van der Waals surface area contributed by atoms with E-state index in [0.717, 1.165) is 22.6 Å². The summed E-state index contributed by atoms with van der Waals surface area (Å²) in [5.74, 6) is 0.817. The summed E-state index contributed by atoms with van der Waals surface area (Å²) >= 11 is 0. The third-order valence-electron chi connectivity index (χ3n) is 5.21. The first-order valence-electron chi connectivity index (χ1n) is 10.3. The van der Waals surface area contributed by atoms with E-state index < -0.39 is 10.0 Å². The minimum atomic E-state index is -3.65. The summed E-state index contributed by atoms with van der Waals surface area (Å²) in [7, 11) is -3.65. The lowest BCUT2D eigenvalue weighted by atomic mass is 9.86. The number of ether oxygens (including phenoxy) is 1. The lowest BCUT2D eigenvalue weighted by Gasteiger charge is -2.22. The Bertz CT molecular complexity index is 1030. The third kappa shape index (κ3) is 4.84. The summed E-state index contributed by atoms with van der Waals surface area (Å²) in [6.07, 6.45) is 1.09. The van der Waals surface area contributed by atoms with Crippen molar-refractivity contribution >= 4 is 21.6 Å². The minimum absolute atomic E-state index is 0.0511. The highest BCUT2D eigenvalue weighted by molar-refractivity contribution is 7.89. The van der Waals surface area contributed by atoms with E-state index >= 15 is 0 Å². The number of nitrogens with zero attached hydrogens (tertiary/aromatic N) is 1. The van der Waals surface area contributed by atoms with Crippen molar-refractivity contribution in [3.8, 4) is 5.75 Å². The van der Waals surface area contributed by atoms with Gasteiger partial charge in [-0.15, -0.1) is 0 Å². The van der Waals surface area contributed by atoms with Gasteiger partial charge < -0.3 is 9.64 Å². The van der Waals surface area contributed by atoms with Gasteiger partial charge in [0.05, 0.1) is 4.90 Å². The fourth-order valence-corrected chi connectivity index (χ4v) is 4.69. The number of hydrogen-bond donors (Lipinski definition) is 1. The lowest BCUT2D eigenvalue weighted by Crippen LogP contribution is -2.29. The Morgan fingerprint density at radius 1 is 1.17 bits per heavy atom. The number of benzene rings is 2. The van der Waals surface area contributed by atoms with Crippen molar-refractivity contribution in [3.05, 3.63) is 53.6 Å². The minimum Gasteiger partial charge on any atom is -0.492 e. The molecule has 1 N–H and O–H groups in total. The molecule has 0 radical (unpaired) electrons. The average molecular weight is 431 g/mol. The normalized spacial score (nSPS) is 13.9. The molecule has 6 nitrogen and oxygen atoms in total. The first-order valence-corrected chi connectivity index (χ1v) is 11.8. The molecule has 1 aliphatic rings. The van der Waals surface area contributed by atoms with Gasteiger partial charge in [0.2, 0.25) is 15.9 Å². The second kappa shape index (κ2) is 8.78. The molecule has 2 aromatic carbocycles. The Labute approximate surface area is 179 Å². The molecule has 0 saturated carbocycles. The Balaban J connectivity index is 1.63. The van der Waals surface area contributed by atoms with Crippen LogP contribution in [0.5, 0.6) is 5.75 Å². The average Bonchev–Trinajstić information content (AvgIpc) is 3.13. The molecule has 2 aromatic rings. The highest BCUT2D eigenvalue weighted by atomic mass is 32.2. The van der Waals surface area contributed by atoms with E-state index in [2.05, 4.69) is 25.5 Å². The molecule has 1 amide bonds. The van der Waals surface area contributed by atoms with Crippen LogP contribution in [0.2, 0.25) is 0 Å². The molecule has 0 saturated heterocycles. The lowest BCUT2D eigenvalue weighted by molar-refractivity contribution is -0.118. The van der Waals surface area contributed by atoms with Gasteiger partial charge in [0.1, 0.15) is 12.4 Å². The van der Waals surface area contributed by atoms with Gasteiger partial charge >= 0.3 is 0 Å². The number of hydrogen-bond acceptors (Lipinski definition) is 4. The van der Waals surface area contributed by atoms with E-state index in [1.54, 1.807) is 23.1 Å². The standard InChI is InChI=1S/C23H30N2O4S/c1-5-22(26)25-14-12-17-16-18(10-11-20(17)25)30(27,28)24-13-15-29-21-9-7-6-8-19(21)23(2,3)4/h6-11,16,24H,5,12-15H2,1-4H3. The molecule has 0 aromatic heterocycles. The second-order valence-electron chi connectivity index (χ2n) is 8.43. The van der Waals surface area contributed by atoms with E-state index in [4.69, 9.17) is 4.74 Å². The summed E-state index contributed by atoms with van der Waals surface area (Å²) in [6, 6.07) is 12.7. The molecular weight excluding hydrogens is 400 g/mol. The third-order valence-corrected chi connectivity index (χ3v) is 6.67. The van der Waals surface area contributed by atoms with E-state index in [-0.39, 0.29) is 29.4 Å². The van der Waals surface area contributed by atoms with Crippen molar-refractivity contribution in [1.29, 1.82) is 0 Å². The van der Waals surface area contributed by atoms with Crippen LogP contribution in [-0.2, 0) is 26.7 Å². The number of anilines is 1. The van der Waals surface area contributed by atoms with E-state index in [1.165, 1.54) is 0 Å². The van der Waals surface area contributed by atoms with Gasteiger partial charge in [-0.2, -0.15) is 0 Å². The number of para-hydroxylation sites is 1. The van der Waals surface area contributed by atoms with Crippen LogP contribution in [0.25, 0.3) is 0 Å². The van der Waals surface area contributed by atoms with Crippen LogP contribution >= 0.6 is 0 Å². The highest BCUT2D eigenvalue weighted by Crippen LogP contribution is 2.31. The molecule has 3 rings (SSSR count). The second-order valence-corrected chi connectivity index (χ2v) is 10.2. The Hall–Kier alpha value is -2.38. The monoisotopic (exact) mass is 430 g/mol. The molecule has 1 heterocycles. The van der Waals surface area contributed by atoms with Crippen molar-refractivity contribution in [1.82, 2.24) is 4.72 Å². The van der Waals surface area contributed by atoms with Crippen LogP contribution in [0.3, 0.4) is 0 Å². The van der Waals surface area contributed by atoms with Crippen molar-refractivity contribution in [2.75, 3.05) is 24.6 Å². The topological polar surface area (TPSA) is 75.7 Å². The Morgan fingerprint density at radius 3 is 2.60 bits per heavy atom. The van der Waals surface area contributed by atoms with Crippen molar-refractivity contribution in [2.24, 2.45) is 0 Å². The maximum atomic E-state index is 12.7. The zero-order valence-corrected chi connectivity index (χ0v) is 18.9. The predicted octanol–water partition coefficient (Wildman–Crippen LogP) is 3.64. The van der Waals surface area contributed by atoms with E-state index in [0.29, 0.717) is 19.4 Å². The van der Waals surface area contributed by atoms with Gasteiger partial charge in [0, 0.05) is 25.2 Å². The summed E-state index contributed by atoms with van der Waals surface area (Å²) in [4.78, 5) is 13.9. The molecular formula is C23H30N2O4S. The number of amides is 1. The molecule has 0 atom stereocenters. The van der Waals surface area contributed by atoms with Gasteiger partial charge in [-0.3, -0.25) is 4.79 Å². The van der Waals surface area contributed by atoms with Gasteiger partial charge in [-0.1, -0.05) is 45.9 Å². The van der Waals surface area contributed by atoms with Crippen molar-refractivity contribution < 1.29 is 17.9 Å². The summed E-state index contributed by atoms with van der Waals surface area (Å²) in [6.45, 7) is 9.16. The Kier molecular flexibility index (Phi) is 6.53. The number of carbonyl (C=O) groups excluding carboxylic acids is 1. The van der Waals surface area contributed by atoms with Crippen LogP contribution in [0.15, 0.2) is 47.4 Å². The molecule has 30 heavy (non-hydrogen) atoms. The largest absolute Gasteiger partial charge is 0.492 e. The van der Waals surface area contributed by atoms with Crippen LogP contribution in [0.1, 0.15) is 45.2 Å². The van der Waals surface area contributed by atoms with Gasteiger partial charge in [-0.25, -0.2) is 13.1 Å². The van der Waals surface area contributed by atoms with Gasteiger partial charge in [-0.05, 0) is 47.2 Å². The molecule has 162 valence electrons. The van der Waals surface area contributed by atoms with Crippen LogP contribution in [0.4, 0.5) is 5.69 Å². The zero-order valence-electron chi connectivity index (χ0n) is 18.1. The number of fused-ring (bicyclic) bond motifs is 1. The SMILES string of the molecule is CCC(=O)N1CCc2cc(S(=O)(=O)NCCOc3ccccc3C(C)(C)C)ccc21. The maximum absolute atomic E-state index is 12.7.